The Kier molecular flexibility index (Phi) is 8.70. The molecule has 4 aromatic rings. The number of sulfonamides is 1. The van der Waals surface area contributed by atoms with E-state index in [1.165, 1.54) is 8.87 Å². The van der Waals surface area contributed by atoms with Gasteiger partial charge < -0.3 is 4.74 Å². The lowest BCUT2D eigenvalue weighted by Crippen LogP contribution is -2.38. The van der Waals surface area contributed by atoms with Gasteiger partial charge in [0, 0.05) is 11.0 Å². The van der Waals surface area contributed by atoms with Gasteiger partial charge in [0.2, 0.25) is 10.0 Å². The summed E-state index contributed by atoms with van der Waals surface area (Å²) in [5.41, 5.74) is 0.848. The number of para-hydroxylation sites is 1. The predicted octanol–water partition coefficient (Wildman–Crippen LogP) is 6.34. The molecular weight excluding hydrogens is 566 g/mol. The topological polar surface area (TPSA) is 81.5 Å². The van der Waals surface area contributed by atoms with Crippen molar-refractivity contribution in [1.82, 2.24) is 13.9 Å². The normalized spacial score (nSPS) is 12.8. The van der Waals surface area contributed by atoms with Gasteiger partial charge in [-0.1, -0.05) is 41.9 Å². The van der Waals surface area contributed by atoms with Crippen molar-refractivity contribution in [3.05, 3.63) is 93.4 Å². The molecule has 3 aromatic carbocycles. The van der Waals surface area contributed by atoms with Crippen LogP contribution in [0.25, 0.3) is 16.6 Å². The number of ether oxygens (including phenoxy) is 1. The first kappa shape index (κ1) is 28.0. The number of aromatic nitrogens is 2. The molecular formula is C29H32BrN3O4S. The highest BCUT2D eigenvalue weighted by atomic mass is 79.9. The van der Waals surface area contributed by atoms with Crippen LogP contribution in [0.5, 0.6) is 5.75 Å². The molecule has 1 atom stereocenters. The average molecular weight is 599 g/mol. The molecule has 0 fully saturated rings. The van der Waals surface area contributed by atoms with Crippen LogP contribution in [0.4, 0.5) is 0 Å². The maximum atomic E-state index is 14.0. The van der Waals surface area contributed by atoms with Gasteiger partial charge in [0.15, 0.2) is 0 Å². The Labute approximate surface area is 232 Å². The summed E-state index contributed by atoms with van der Waals surface area (Å²) in [5.74, 6) is 1.31. The van der Waals surface area contributed by atoms with E-state index in [2.05, 4.69) is 29.8 Å². The van der Waals surface area contributed by atoms with Gasteiger partial charge in [0.1, 0.15) is 11.6 Å². The number of hydrogen-bond donors (Lipinski definition) is 0. The smallest absolute Gasteiger partial charge is 0.266 e. The molecule has 1 aromatic heterocycles. The first-order chi connectivity index (χ1) is 18.1. The van der Waals surface area contributed by atoms with Crippen LogP contribution in [-0.2, 0) is 10.0 Å². The molecule has 0 aliphatic carbocycles. The Hall–Kier alpha value is -3.01. The van der Waals surface area contributed by atoms with Crippen molar-refractivity contribution in [3.8, 4) is 11.4 Å². The predicted molar refractivity (Wildman–Crippen MR) is 154 cm³/mol. The highest BCUT2D eigenvalue weighted by Crippen LogP contribution is 2.30. The van der Waals surface area contributed by atoms with E-state index in [-0.39, 0.29) is 22.9 Å². The lowest BCUT2D eigenvalue weighted by atomic mass is 10.1. The zero-order chi connectivity index (χ0) is 27.4. The number of halogens is 1. The van der Waals surface area contributed by atoms with Gasteiger partial charge in [-0.05, 0) is 86.8 Å². The molecule has 9 heteroatoms. The number of fused-ring (bicyclic) bond motifs is 1. The van der Waals surface area contributed by atoms with E-state index < -0.39 is 16.1 Å². The maximum Gasteiger partial charge on any atom is 0.266 e. The molecule has 0 spiro atoms. The molecule has 1 heterocycles. The van der Waals surface area contributed by atoms with Crippen LogP contribution in [0.1, 0.15) is 46.0 Å². The summed E-state index contributed by atoms with van der Waals surface area (Å²) in [5, 5.41) is 0.460. The van der Waals surface area contributed by atoms with Crippen molar-refractivity contribution >= 4 is 36.9 Å². The lowest BCUT2D eigenvalue weighted by Gasteiger charge is -2.30. The van der Waals surface area contributed by atoms with Crippen LogP contribution in [0.2, 0.25) is 0 Å². The second kappa shape index (κ2) is 11.8. The summed E-state index contributed by atoms with van der Waals surface area (Å²) in [6.07, 6.45) is 0.654. The van der Waals surface area contributed by atoms with E-state index in [4.69, 9.17) is 9.72 Å². The van der Waals surface area contributed by atoms with Gasteiger partial charge in [-0.3, -0.25) is 9.36 Å². The second-order valence-corrected chi connectivity index (χ2v) is 12.3. The summed E-state index contributed by atoms with van der Waals surface area (Å²) in [4.78, 5) is 18.9. The minimum Gasteiger partial charge on any atom is -0.494 e. The number of hydrogen-bond acceptors (Lipinski definition) is 5. The van der Waals surface area contributed by atoms with Gasteiger partial charge in [-0.25, -0.2) is 13.4 Å². The van der Waals surface area contributed by atoms with Crippen molar-refractivity contribution in [1.29, 1.82) is 0 Å². The molecule has 0 radical (unpaired) electrons. The fourth-order valence-corrected chi connectivity index (χ4v) is 6.19. The molecule has 38 heavy (non-hydrogen) atoms. The van der Waals surface area contributed by atoms with Crippen molar-refractivity contribution in [2.24, 2.45) is 5.92 Å². The Bertz CT molecular complexity index is 1570. The van der Waals surface area contributed by atoms with Crippen LogP contribution in [0.3, 0.4) is 0 Å². The summed E-state index contributed by atoms with van der Waals surface area (Å²) >= 11 is 3.38. The van der Waals surface area contributed by atoms with Crippen LogP contribution >= 0.6 is 15.9 Å². The zero-order valence-corrected chi connectivity index (χ0v) is 24.4. The van der Waals surface area contributed by atoms with E-state index >= 15 is 0 Å². The van der Waals surface area contributed by atoms with E-state index in [9.17, 15) is 13.2 Å². The zero-order valence-electron chi connectivity index (χ0n) is 22.0. The molecule has 0 aliphatic rings. The van der Waals surface area contributed by atoms with Crippen LogP contribution in [-0.4, -0.2) is 35.4 Å². The first-order valence-corrected chi connectivity index (χ1v) is 14.9. The van der Waals surface area contributed by atoms with Crippen molar-refractivity contribution < 1.29 is 13.2 Å². The summed E-state index contributed by atoms with van der Waals surface area (Å²) in [6.45, 7) is 8.61. The van der Waals surface area contributed by atoms with Gasteiger partial charge in [0.25, 0.3) is 5.56 Å². The van der Waals surface area contributed by atoms with Gasteiger partial charge >= 0.3 is 0 Å². The van der Waals surface area contributed by atoms with Crippen molar-refractivity contribution in [2.45, 2.75) is 45.1 Å². The fourth-order valence-electron chi connectivity index (χ4n) is 4.32. The third kappa shape index (κ3) is 5.85. The lowest BCUT2D eigenvalue weighted by molar-refractivity contribution is 0.308. The quantitative estimate of drug-likeness (QED) is 0.213. The monoisotopic (exact) mass is 597 g/mol. The standard InChI is InChI=1S/C29H32BrN3O4S/c1-5-37-24-14-12-23(13-15-24)33-28(31-27-9-7-6-8-26(27)29(33)34)21(4)32(19-18-20(2)3)38(35,36)25-16-10-22(30)11-17-25/h6-17,20-21H,5,18-19H2,1-4H3. The SMILES string of the molecule is CCOc1ccc(-n2c(C(C)N(CCC(C)C)S(=O)(=O)c3ccc(Br)cc3)nc3ccccc3c2=O)cc1. The second-order valence-electron chi connectivity index (χ2n) is 9.48. The number of benzene rings is 3. The molecule has 0 aliphatic heterocycles. The summed E-state index contributed by atoms with van der Waals surface area (Å²) in [7, 11) is -3.90. The van der Waals surface area contributed by atoms with Crippen molar-refractivity contribution in [2.75, 3.05) is 13.2 Å². The molecule has 4 rings (SSSR count). The Morgan fingerprint density at radius 2 is 1.63 bits per heavy atom. The third-order valence-corrected chi connectivity index (χ3v) is 8.87. The molecule has 0 saturated heterocycles. The molecule has 200 valence electrons. The first-order valence-electron chi connectivity index (χ1n) is 12.7. The van der Waals surface area contributed by atoms with E-state index in [1.807, 2.05) is 13.0 Å². The van der Waals surface area contributed by atoms with Crippen LogP contribution in [0.15, 0.2) is 87.0 Å². The molecule has 0 amide bonds. The number of rotatable bonds is 10. The van der Waals surface area contributed by atoms with Gasteiger partial charge in [0.05, 0.1) is 34.1 Å². The molecule has 7 nitrogen and oxygen atoms in total. The van der Waals surface area contributed by atoms with Gasteiger partial charge in [-0.2, -0.15) is 4.31 Å². The van der Waals surface area contributed by atoms with Crippen LogP contribution in [0, 0.1) is 5.92 Å². The van der Waals surface area contributed by atoms with E-state index in [1.54, 1.807) is 73.7 Å². The Morgan fingerprint density at radius 3 is 2.26 bits per heavy atom. The minimum absolute atomic E-state index is 0.187. The van der Waals surface area contributed by atoms with E-state index in [0.717, 1.165) is 4.47 Å². The highest BCUT2D eigenvalue weighted by molar-refractivity contribution is 9.10. The van der Waals surface area contributed by atoms with Crippen molar-refractivity contribution in [3.63, 3.8) is 0 Å². The molecule has 0 N–H and O–H groups in total. The highest BCUT2D eigenvalue weighted by Gasteiger charge is 2.33. The molecule has 0 bridgehead atoms. The Morgan fingerprint density at radius 1 is 0.974 bits per heavy atom. The largest absolute Gasteiger partial charge is 0.494 e. The Balaban J connectivity index is 1.92. The van der Waals surface area contributed by atoms with Gasteiger partial charge in [-0.15, -0.1) is 0 Å². The van der Waals surface area contributed by atoms with E-state index in [0.29, 0.717) is 41.2 Å². The van der Waals surface area contributed by atoms with Crippen LogP contribution < -0.4 is 10.3 Å². The summed E-state index contributed by atoms with van der Waals surface area (Å²) in [6, 6.07) is 20.2. The summed E-state index contributed by atoms with van der Waals surface area (Å²) < 4.78 is 37.3. The molecule has 0 saturated carbocycles. The minimum atomic E-state index is -3.90. The number of nitrogens with zero attached hydrogens (tertiary/aromatic N) is 3. The fraction of sp³-hybridized carbons (Fsp3) is 0.310. The maximum absolute atomic E-state index is 14.0. The molecule has 1 unspecified atom stereocenters. The third-order valence-electron chi connectivity index (χ3n) is 6.36. The average Bonchev–Trinajstić information content (AvgIpc) is 2.89.